The molecule has 0 saturated carbocycles. The fourth-order valence-electron chi connectivity index (χ4n) is 8.61. The molecule has 0 bridgehead atoms. The highest BCUT2D eigenvalue weighted by molar-refractivity contribution is 7.25. The third kappa shape index (κ3) is 4.54. The Balaban J connectivity index is 1.14. The zero-order chi connectivity index (χ0) is 35.3. The molecule has 4 nitrogen and oxygen atoms in total. The molecule has 0 amide bonds. The van der Waals surface area contributed by atoms with Gasteiger partial charge in [0.1, 0.15) is 22.8 Å². The molecule has 0 saturated heterocycles. The van der Waals surface area contributed by atoms with Gasteiger partial charge in [0.05, 0.1) is 0 Å². The van der Waals surface area contributed by atoms with Crippen molar-refractivity contribution in [2.45, 2.75) is 25.4 Å². The third-order valence-electron chi connectivity index (χ3n) is 11.2. The Morgan fingerprint density at radius 2 is 1.26 bits per heavy atom. The summed E-state index contributed by atoms with van der Waals surface area (Å²) in [5, 5.41) is 8.24. The van der Waals surface area contributed by atoms with Crippen molar-refractivity contribution in [3.8, 4) is 22.3 Å². The highest BCUT2D eigenvalue weighted by Crippen LogP contribution is 2.53. The average Bonchev–Trinajstić information content (AvgIpc) is 3.86. The molecular formula is C48H33N3OS. The lowest BCUT2D eigenvalue weighted by Crippen LogP contribution is -2.36. The zero-order valence-electron chi connectivity index (χ0n) is 29.2. The lowest BCUT2D eigenvalue weighted by molar-refractivity contribution is 0.660. The molecule has 252 valence electrons. The molecule has 0 radical (unpaired) electrons. The predicted octanol–water partition coefficient (Wildman–Crippen LogP) is 12.4. The Morgan fingerprint density at radius 1 is 0.566 bits per heavy atom. The first-order valence-corrected chi connectivity index (χ1v) is 18.9. The molecule has 1 unspecified atom stereocenters. The normalized spacial score (nSPS) is 16.1. The van der Waals surface area contributed by atoms with E-state index in [2.05, 4.69) is 159 Å². The van der Waals surface area contributed by atoms with E-state index in [0.717, 1.165) is 55.9 Å². The Bertz CT molecular complexity index is 3020. The molecule has 1 aliphatic heterocycles. The summed E-state index contributed by atoms with van der Waals surface area (Å²) in [6.45, 7) is 4.66. The van der Waals surface area contributed by atoms with Crippen molar-refractivity contribution >= 4 is 65.1 Å². The van der Waals surface area contributed by atoms with E-state index in [1.54, 1.807) is 0 Å². The molecule has 9 aromatic rings. The van der Waals surface area contributed by atoms with Gasteiger partial charge in [-0.15, -0.1) is 11.3 Å². The van der Waals surface area contributed by atoms with Crippen molar-refractivity contribution in [2.24, 2.45) is 9.98 Å². The maximum atomic E-state index is 6.86. The van der Waals surface area contributed by atoms with E-state index in [1.165, 1.54) is 48.0 Å². The second kappa shape index (κ2) is 11.3. The minimum absolute atomic E-state index is 0.101. The van der Waals surface area contributed by atoms with Crippen LogP contribution < -0.4 is 5.32 Å². The molecule has 7 aromatic carbocycles. The Labute approximate surface area is 310 Å². The van der Waals surface area contributed by atoms with E-state index in [4.69, 9.17) is 14.4 Å². The summed E-state index contributed by atoms with van der Waals surface area (Å²) >= 11 is 1.82. The van der Waals surface area contributed by atoms with Crippen LogP contribution in [0.4, 0.5) is 0 Å². The van der Waals surface area contributed by atoms with Crippen molar-refractivity contribution < 1.29 is 4.42 Å². The largest absolute Gasteiger partial charge is 0.455 e. The highest BCUT2D eigenvalue weighted by Gasteiger charge is 2.37. The summed E-state index contributed by atoms with van der Waals surface area (Å²) in [6, 6.07) is 54.0. The third-order valence-corrected chi connectivity index (χ3v) is 12.3. The number of amidine groups is 2. The molecule has 3 heterocycles. The van der Waals surface area contributed by atoms with E-state index < -0.39 is 6.17 Å². The first-order valence-electron chi connectivity index (χ1n) is 18.1. The van der Waals surface area contributed by atoms with E-state index in [0.29, 0.717) is 0 Å². The molecule has 0 spiro atoms. The summed E-state index contributed by atoms with van der Waals surface area (Å²) in [5.41, 5.74) is 12.2. The van der Waals surface area contributed by atoms with Crippen molar-refractivity contribution in [1.82, 2.24) is 5.32 Å². The van der Waals surface area contributed by atoms with Crippen molar-refractivity contribution in [2.75, 3.05) is 0 Å². The predicted molar refractivity (Wildman–Crippen MR) is 221 cm³/mol. The fourth-order valence-corrected chi connectivity index (χ4v) is 9.70. The van der Waals surface area contributed by atoms with Crippen LogP contribution in [0.2, 0.25) is 0 Å². The molecular weight excluding hydrogens is 667 g/mol. The quantitative estimate of drug-likeness (QED) is 0.199. The summed E-state index contributed by atoms with van der Waals surface area (Å²) in [6.07, 6.45) is -0.505. The molecule has 2 aliphatic rings. The number of benzene rings is 7. The van der Waals surface area contributed by atoms with Gasteiger partial charge in [0.25, 0.3) is 0 Å². The van der Waals surface area contributed by atoms with E-state index in [9.17, 15) is 0 Å². The zero-order valence-corrected chi connectivity index (χ0v) is 30.0. The number of hydrogen-bond acceptors (Lipinski definition) is 5. The number of hydrogen-bond donors (Lipinski definition) is 1. The number of furan rings is 1. The molecule has 1 N–H and O–H groups in total. The summed E-state index contributed by atoms with van der Waals surface area (Å²) < 4.78 is 9.41. The van der Waals surface area contributed by atoms with Gasteiger partial charge in [0, 0.05) is 58.6 Å². The number of aliphatic imine (C=N–C) groups is 2. The highest BCUT2D eigenvalue weighted by atomic mass is 32.1. The van der Waals surface area contributed by atoms with Gasteiger partial charge in [0.2, 0.25) is 0 Å². The maximum absolute atomic E-state index is 6.86. The molecule has 1 aliphatic carbocycles. The van der Waals surface area contributed by atoms with Gasteiger partial charge in [-0.2, -0.15) is 0 Å². The van der Waals surface area contributed by atoms with Crippen LogP contribution in [0.5, 0.6) is 0 Å². The fraction of sp³-hybridized carbons (Fsp3) is 0.0833. The van der Waals surface area contributed by atoms with Gasteiger partial charge >= 0.3 is 0 Å². The monoisotopic (exact) mass is 699 g/mol. The molecule has 11 rings (SSSR count). The topological polar surface area (TPSA) is 49.9 Å². The Kier molecular flexibility index (Phi) is 6.50. The Morgan fingerprint density at radius 3 is 2.15 bits per heavy atom. The number of fused-ring (bicyclic) bond motifs is 9. The van der Waals surface area contributed by atoms with Crippen LogP contribution in [0.15, 0.2) is 166 Å². The number of nitrogens with one attached hydrogen (secondary N) is 1. The maximum Gasteiger partial charge on any atom is 0.170 e. The number of para-hydroxylation sites is 1. The number of rotatable bonds is 4. The van der Waals surface area contributed by atoms with Crippen molar-refractivity contribution in [3.63, 3.8) is 0 Å². The minimum Gasteiger partial charge on any atom is -0.455 e. The first-order chi connectivity index (χ1) is 26.0. The Hall–Kier alpha value is -6.30. The van der Waals surface area contributed by atoms with Crippen LogP contribution in [0.1, 0.15) is 47.8 Å². The molecule has 0 fully saturated rings. The second-order valence-electron chi connectivity index (χ2n) is 14.5. The van der Waals surface area contributed by atoms with Gasteiger partial charge in [-0.25, -0.2) is 9.98 Å². The SMILES string of the molecule is CC1(C)c2ccccc2-c2c(-c3ccc(C4N=C(c5ccccc5)NC(c5ccc6sc7ccccc7c6c5)=N4)c4c3oc3ccccc34)cccc21. The summed E-state index contributed by atoms with van der Waals surface area (Å²) in [5.74, 6) is 1.59. The number of thiophene rings is 1. The lowest BCUT2D eigenvalue weighted by atomic mass is 9.82. The molecule has 1 atom stereocenters. The van der Waals surface area contributed by atoms with Crippen LogP contribution in [0.25, 0.3) is 64.4 Å². The van der Waals surface area contributed by atoms with E-state index in [-0.39, 0.29) is 5.41 Å². The van der Waals surface area contributed by atoms with Crippen LogP contribution in [0.3, 0.4) is 0 Å². The van der Waals surface area contributed by atoms with Gasteiger partial charge < -0.3 is 9.73 Å². The summed E-state index contributed by atoms with van der Waals surface area (Å²) in [7, 11) is 0. The molecule has 2 aromatic heterocycles. The van der Waals surface area contributed by atoms with Crippen LogP contribution in [-0.2, 0) is 5.41 Å². The van der Waals surface area contributed by atoms with E-state index in [1.807, 2.05) is 23.5 Å². The van der Waals surface area contributed by atoms with Gasteiger partial charge in [-0.3, -0.25) is 0 Å². The van der Waals surface area contributed by atoms with Crippen molar-refractivity contribution in [3.05, 3.63) is 179 Å². The van der Waals surface area contributed by atoms with Gasteiger partial charge in [-0.1, -0.05) is 135 Å². The van der Waals surface area contributed by atoms with Crippen LogP contribution in [0, 0.1) is 0 Å². The van der Waals surface area contributed by atoms with Gasteiger partial charge in [-0.05, 0) is 58.1 Å². The van der Waals surface area contributed by atoms with Crippen LogP contribution >= 0.6 is 11.3 Å². The van der Waals surface area contributed by atoms with Crippen molar-refractivity contribution in [1.29, 1.82) is 0 Å². The number of nitrogens with zero attached hydrogens (tertiary/aromatic N) is 2. The van der Waals surface area contributed by atoms with E-state index >= 15 is 0 Å². The average molecular weight is 700 g/mol. The minimum atomic E-state index is -0.505. The van der Waals surface area contributed by atoms with Crippen LogP contribution in [-0.4, -0.2) is 11.7 Å². The second-order valence-corrected chi connectivity index (χ2v) is 15.6. The lowest BCUT2D eigenvalue weighted by Gasteiger charge is -2.23. The molecule has 5 heteroatoms. The standard InChI is InChI=1S/C48H33N3OS/c1-48(2)37-19-9-6-16-33(37)42-31(18-12-20-38(42)48)32-24-25-35(43-34-17-7-10-21-39(34)52-44(32)43)47-50-45(28-13-4-3-5-14-28)49-46(51-47)29-23-26-41-36(27-29)30-15-8-11-22-40(30)53-41/h3-27,47H,1-2H3,(H,49,50,51). The summed E-state index contributed by atoms with van der Waals surface area (Å²) in [4.78, 5) is 10.7. The first kappa shape index (κ1) is 30.3. The van der Waals surface area contributed by atoms with Gasteiger partial charge in [0.15, 0.2) is 6.17 Å². The molecule has 53 heavy (non-hydrogen) atoms. The smallest absolute Gasteiger partial charge is 0.170 e.